The predicted octanol–water partition coefficient (Wildman–Crippen LogP) is 5.32. The number of tetrazole rings is 1. The highest BCUT2D eigenvalue weighted by molar-refractivity contribution is 7.09. The summed E-state index contributed by atoms with van der Waals surface area (Å²) in [6, 6.07) is 25.5. The molecule has 0 amide bonds. The fraction of sp³-hybridized carbons (Fsp3) is 0.172. The van der Waals surface area contributed by atoms with Crippen molar-refractivity contribution in [2.75, 3.05) is 0 Å². The van der Waals surface area contributed by atoms with Crippen molar-refractivity contribution in [1.29, 1.82) is 0 Å². The van der Waals surface area contributed by atoms with E-state index in [1.165, 1.54) is 0 Å². The molecule has 0 bridgehead atoms. The number of aryl methyl sites for hydroxylation is 1. The molecule has 4 heterocycles. The molecule has 4 aromatic heterocycles. The number of hydrogen-bond acceptors (Lipinski definition) is 7. The van der Waals surface area contributed by atoms with Crippen LogP contribution in [0.25, 0.3) is 10.9 Å². The number of aromatic amines is 1. The minimum Gasteiger partial charge on any atom is -0.468 e. The lowest BCUT2D eigenvalue weighted by Gasteiger charge is -2.30. The van der Waals surface area contributed by atoms with Crippen LogP contribution in [0.3, 0.4) is 0 Å². The van der Waals surface area contributed by atoms with E-state index in [9.17, 15) is 4.79 Å². The third kappa shape index (κ3) is 5.06. The number of pyridine rings is 1. The summed E-state index contributed by atoms with van der Waals surface area (Å²) in [7, 11) is 0. The van der Waals surface area contributed by atoms with Crippen LogP contribution in [0.15, 0.2) is 99.7 Å². The van der Waals surface area contributed by atoms with Crippen molar-refractivity contribution in [2.45, 2.75) is 32.6 Å². The summed E-state index contributed by atoms with van der Waals surface area (Å²) in [6.07, 6.45) is 1.66. The molecule has 0 aliphatic heterocycles. The largest absolute Gasteiger partial charge is 0.468 e. The molecular weight excluding hydrogens is 496 g/mol. The maximum Gasteiger partial charge on any atom is 0.253 e. The monoisotopic (exact) mass is 522 g/mol. The van der Waals surface area contributed by atoms with E-state index in [2.05, 4.69) is 36.9 Å². The molecule has 6 aromatic rings. The van der Waals surface area contributed by atoms with E-state index in [0.717, 1.165) is 32.7 Å². The molecule has 2 aromatic carbocycles. The molecule has 0 aliphatic carbocycles. The number of fused-ring (bicyclic) bond motifs is 1. The van der Waals surface area contributed by atoms with Crippen molar-refractivity contribution in [3.8, 4) is 0 Å². The number of furan rings is 1. The van der Waals surface area contributed by atoms with Gasteiger partial charge in [-0.2, -0.15) is 0 Å². The highest BCUT2D eigenvalue weighted by Gasteiger charge is 2.31. The molecule has 0 saturated heterocycles. The molecule has 190 valence electrons. The molecule has 1 unspecified atom stereocenters. The summed E-state index contributed by atoms with van der Waals surface area (Å²) < 4.78 is 7.52. The first-order valence-electron chi connectivity index (χ1n) is 12.4. The van der Waals surface area contributed by atoms with Crippen molar-refractivity contribution in [1.82, 2.24) is 30.1 Å². The van der Waals surface area contributed by atoms with Gasteiger partial charge in [-0.25, -0.2) is 4.68 Å². The molecule has 1 N–H and O–H groups in total. The van der Waals surface area contributed by atoms with Crippen LogP contribution in [-0.4, -0.2) is 30.1 Å². The Morgan fingerprint density at radius 1 is 1.03 bits per heavy atom. The van der Waals surface area contributed by atoms with E-state index >= 15 is 0 Å². The van der Waals surface area contributed by atoms with E-state index in [1.807, 2.05) is 79.7 Å². The van der Waals surface area contributed by atoms with E-state index in [4.69, 9.17) is 4.42 Å². The van der Waals surface area contributed by atoms with Crippen molar-refractivity contribution in [3.05, 3.63) is 134 Å². The fourth-order valence-corrected chi connectivity index (χ4v) is 5.48. The summed E-state index contributed by atoms with van der Waals surface area (Å²) in [5.41, 5.74) is 3.36. The second kappa shape index (κ2) is 10.6. The SMILES string of the molecule is Cc1ccc2cc(C(c3nnnn3Cc3ccccc3)N(Cc3ccco3)Cc3cccs3)c(=O)[nH]c2c1. The number of benzene rings is 2. The van der Waals surface area contributed by atoms with Gasteiger partial charge in [0.2, 0.25) is 0 Å². The van der Waals surface area contributed by atoms with Crippen LogP contribution in [0, 0.1) is 6.92 Å². The van der Waals surface area contributed by atoms with Gasteiger partial charge in [-0.05, 0) is 69.6 Å². The lowest BCUT2D eigenvalue weighted by atomic mass is 10.0. The fourth-order valence-electron chi connectivity index (χ4n) is 4.75. The average Bonchev–Trinajstić information content (AvgIpc) is 3.70. The number of thiophene rings is 1. The second-order valence-electron chi connectivity index (χ2n) is 9.29. The Hall–Kier alpha value is -4.34. The van der Waals surface area contributed by atoms with Crippen LogP contribution in [0.4, 0.5) is 0 Å². The zero-order valence-corrected chi connectivity index (χ0v) is 21.6. The van der Waals surface area contributed by atoms with Gasteiger partial charge in [0, 0.05) is 22.5 Å². The van der Waals surface area contributed by atoms with Crippen molar-refractivity contribution >= 4 is 22.2 Å². The predicted molar refractivity (Wildman–Crippen MR) is 147 cm³/mol. The molecule has 0 fully saturated rings. The molecule has 0 aliphatic rings. The number of hydrogen-bond donors (Lipinski definition) is 1. The van der Waals surface area contributed by atoms with Gasteiger partial charge in [0.1, 0.15) is 11.8 Å². The molecule has 1 atom stereocenters. The Morgan fingerprint density at radius 2 is 1.92 bits per heavy atom. The van der Waals surface area contributed by atoms with Crippen LogP contribution >= 0.6 is 11.3 Å². The molecule has 0 spiro atoms. The van der Waals surface area contributed by atoms with Gasteiger partial charge in [-0.3, -0.25) is 9.69 Å². The summed E-state index contributed by atoms with van der Waals surface area (Å²) in [5.74, 6) is 1.38. The third-order valence-corrected chi connectivity index (χ3v) is 7.41. The second-order valence-corrected chi connectivity index (χ2v) is 10.3. The smallest absolute Gasteiger partial charge is 0.253 e. The third-order valence-electron chi connectivity index (χ3n) is 6.55. The van der Waals surface area contributed by atoms with Gasteiger partial charge in [-0.1, -0.05) is 48.5 Å². The van der Waals surface area contributed by atoms with Gasteiger partial charge >= 0.3 is 0 Å². The molecule has 9 heteroatoms. The molecule has 0 saturated carbocycles. The van der Waals surface area contributed by atoms with Gasteiger partial charge in [0.15, 0.2) is 5.82 Å². The minimum absolute atomic E-state index is 0.169. The van der Waals surface area contributed by atoms with Crippen LogP contribution in [0.1, 0.15) is 39.2 Å². The van der Waals surface area contributed by atoms with Gasteiger partial charge in [0.05, 0.1) is 19.4 Å². The van der Waals surface area contributed by atoms with E-state index in [1.54, 1.807) is 22.3 Å². The number of nitrogens with zero attached hydrogens (tertiary/aromatic N) is 5. The van der Waals surface area contributed by atoms with Gasteiger partial charge in [0.25, 0.3) is 5.56 Å². The number of aromatic nitrogens is 5. The van der Waals surface area contributed by atoms with Crippen LogP contribution < -0.4 is 5.56 Å². The molecular formula is C29H26N6O2S. The molecule has 8 nitrogen and oxygen atoms in total. The topological polar surface area (TPSA) is 92.8 Å². The Labute approximate surface area is 223 Å². The summed E-state index contributed by atoms with van der Waals surface area (Å²) in [4.78, 5) is 20.1. The Morgan fingerprint density at radius 3 is 2.71 bits per heavy atom. The lowest BCUT2D eigenvalue weighted by Crippen LogP contribution is -2.34. The summed E-state index contributed by atoms with van der Waals surface area (Å²) in [5, 5.41) is 15.9. The van der Waals surface area contributed by atoms with Crippen molar-refractivity contribution in [3.63, 3.8) is 0 Å². The zero-order chi connectivity index (χ0) is 25.9. The highest BCUT2D eigenvalue weighted by atomic mass is 32.1. The molecule has 0 radical (unpaired) electrons. The van der Waals surface area contributed by atoms with Crippen LogP contribution in [0.2, 0.25) is 0 Å². The summed E-state index contributed by atoms with van der Waals surface area (Å²) in [6.45, 7) is 3.56. The quantitative estimate of drug-likeness (QED) is 0.276. The minimum atomic E-state index is -0.532. The number of nitrogens with one attached hydrogen (secondary N) is 1. The van der Waals surface area contributed by atoms with E-state index in [0.29, 0.717) is 31.0 Å². The first-order chi connectivity index (χ1) is 18.6. The lowest BCUT2D eigenvalue weighted by molar-refractivity contribution is 0.181. The van der Waals surface area contributed by atoms with Gasteiger partial charge < -0.3 is 9.40 Å². The average molecular weight is 523 g/mol. The Bertz CT molecular complexity index is 1650. The van der Waals surface area contributed by atoms with Crippen molar-refractivity contribution in [2.24, 2.45) is 0 Å². The summed E-state index contributed by atoms with van der Waals surface area (Å²) >= 11 is 1.67. The van der Waals surface area contributed by atoms with Crippen molar-refractivity contribution < 1.29 is 4.42 Å². The molecule has 6 rings (SSSR count). The highest BCUT2D eigenvalue weighted by Crippen LogP contribution is 2.31. The van der Waals surface area contributed by atoms with Crippen LogP contribution in [-0.2, 0) is 19.6 Å². The first-order valence-corrected chi connectivity index (χ1v) is 13.2. The standard InChI is InChI=1S/C29H26N6O2S/c1-20-11-12-22-16-25(29(36)30-26(22)15-20)27(28-31-32-33-35(28)17-21-7-3-2-4-8-21)34(18-23-9-5-13-37-23)19-24-10-6-14-38-24/h2-16,27H,17-19H2,1H3,(H,30,36). The van der Waals surface area contributed by atoms with Gasteiger partial charge in [-0.15, -0.1) is 16.4 Å². The number of rotatable bonds is 9. The Kier molecular flexibility index (Phi) is 6.68. The van der Waals surface area contributed by atoms with E-state index < -0.39 is 6.04 Å². The Balaban J connectivity index is 1.51. The maximum absolute atomic E-state index is 13.7. The first kappa shape index (κ1) is 24.0. The van der Waals surface area contributed by atoms with Crippen LogP contribution in [0.5, 0.6) is 0 Å². The zero-order valence-electron chi connectivity index (χ0n) is 20.8. The van der Waals surface area contributed by atoms with E-state index in [-0.39, 0.29) is 5.56 Å². The molecule has 38 heavy (non-hydrogen) atoms. The normalized spacial score (nSPS) is 12.4. The number of H-pyrrole nitrogens is 1. The maximum atomic E-state index is 13.7.